The van der Waals surface area contributed by atoms with E-state index in [9.17, 15) is 4.79 Å². The number of amides is 1. The maximum Gasteiger partial charge on any atom is 0.255 e. The third-order valence-corrected chi connectivity index (χ3v) is 5.45. The molecule has 5 heteroatoms. The lowest BCUT2D eigenvalue weighted by Gasteiger charge is -2.36. The number of benzene rings is 1. The zero-order valence-electron chi connectivity index (χ0n) is 16.6. The van der Waals surface area contributed by atoms with Gasteiger partial charge < -0.3 is 9.64 Å². The van der Waals surface area contributed by atoms with Crippen LogP contribution in [0.4, 0.5) is 0 Å². The smallest absolute Gasteiger partial charge is 0.255 e. The first-order valence-electron chi connectivity index (χ1n) is 10.0. The SMILES string of the molecule is COc1ccc(Cc2ccc(C3CCCCN3C(=O)c3cccnc3)cn2)cc1. The van der Waals surface area contributed by atoms with Crippen molar-refractivity contribution in [3.63, 3.8) is 0 Å². The van der Waals surface area contributed by atoms with Crippen molar-refractivity contribution in [2.45, 2.75) is 31.7 Å². The van der Waals surface area contributed by atoms with Gasteiger partial charge in [0.25, 0.3) is 5.91 Å². The highest BCUT2D eigenvalue weighted by Crippen LogP contribution is 2.32. The summed E-state index contributed by atoms with van der Waals surface area (Å²) in [4.78, 5) is 23.7. The summed E-state index contributed by atoms with van der Waals surface area (Å²) in [6.07, 6.45) is 9.15. The van der Waals surface area contributed by atoms with Crippen LogP contribution in [0.3, 0.4) is 0 Å². The average Bonchev–Trinajstić information content (AvgIpc) is 2.80. The Balaban J connectivity index is 1.49. The molecule has 1 aromatic carbocycles. The Labute approximate surface area is 171 Å². The van der Waals surface area contributed by atoms with Gasteiger partial charge in [0, 0.05) is 37.3 Å². The number of piperidine rings is 1. The van der Waals surface area contributed by atoms with Crippen molar-refractivity contribution in [3.05, 3.63) is 89.5 Å². The van der Waals surface area contributed by atoms with Gasteiger partial charge in [0.15, 0.2) is 0 Å². The molecular formula is C24H25N3O2. The van der Waals surface area contributed by atoms with Crippen LogP contribution >= 0.6 is 0 Å². The van der Waals surface area contributed by atoms with Crippen molar-refractivity contribution in [3.8, 4) is 5.75 Å². The van der Waals surface area contributed by atoms with E-state index in [0.29, 0.717) is 5.56 Å². The molecule has 0 spiro atoms. The molecule has 4 rings (SSSR count). The van der Waals surface area contributed by atoms with E-state index in [4.69, 9.17) is 4.74 Å². The Morgan fingerprint density at radius 2 is 1.97 bits per heavy atom. The first-order valence-corrected chi connectivity index (χ1v) is 10.0. The molecule has 1 aliphatic rings. The van der Waals surface area contributed by atoms with Gasteiger partial charge in [0.2, 0.25) is 0 Å². The zero-order chi connectivity index (χ0) is 20.1. The minimum absolute atomic E-state index is 0.0464. The van der Waals surface area contributed by atoms with Gasteiger partial charge >= 0.3 is 0 Å². The number of pyridine rings is 2. The van der Waals surface area contributed by atoms with Crippen LogP contribution in [0.25, 0.3) is 0 Å². The molecule has 1 saturated heterocycles. The topological polar surface area (TPSA) is 55.3 Å². The molecule has 0 aliphatic carbocycles. The third-order valence-electron chi connectivity index (χ3n) is 5.45. The quantitative estimate of drug-likeness (QED) is 0.649. The molecule has 0 radical (unpaired) electrons. The summed E-state index contributed by atoms with van der Waals surface area (Å²) in [5.41, 5.74) is 3.95. The Bertz CT molecular complexity index is 940. The van der Waals surface area contributed by atoms with Crippen LogP contribution in [-0.4, -0.2) is 34.4 Å². The van der Waals surface area contributed by atoms with Crippen LogP contribution in [0.15, 0.2) is 67.1 Å². The van der Waals surface area contributed by atoms with Crippen molar-refractivity contribution in [1.29, 1.82) is 0 Å². The summed E-state index contributed by atoms with van der Waals surface area (Å²) >= 11 is 0. The Morgan fingerprint density at radius 1 is 1.10 bits per heavy atom. The predicted molar refractivity (Wildman–Crippen MR) is 112 cm³/mol. The van der Waals surface area contributed by atoms with E-state index in [1.807, 2.05) is 35.4 Å². The molecular weight excluding hydrogens is 362 g/mol. The number of rotatable bonds is 5. The molecule has 2 aromatic heterocycles. The van der Waals surface area contributed by atoms with Crippen LogP contribution in [0.1, 0.15) is 52.5 Å². The molecule has 1 amide bonds. The molecule has 29 heavy (non-hydrogen) atoms. The van der Waals surface area contributed by atoms with Gasteiger partial charge in [-0.3, -0.25) is 14.8 Å². The van der Waals surface area contributed by atoms with Crippen molar-refractivity contribution >= 4 is 5.91 Å². The maximum absolute atomic E-state index is 13.0. The summed E-state index contributed by atoms with van der Waals surface area (Å²) in [5.74, 6) is 0.901. The number of hydrogen-bond acceptors (Lipinski definition) is 4. The molecule has 1 unspecified atom stereocenters. The van der Waals surface area contributed by atoms with E-state index in [-0.39, 0.29) is 11.9 Å². The van der Waals surface area contributed by atoms with Gasteiger partial charge in [-0.2, -0.15) is 0 Å². The largest absolute Gasteiger partial charge is 0.497 e. The van der Waals surface area contributed by atoms with Gasteiger partial charge in [-0.25, -0.2) is 0 Å². The van der Waals surface area contributed by atoms with Crippen LogP contribution in [-0.2, 0) is 6.42 Å². The number of nitrogens with zero attached hydrogens (tertiary/aromatic N) is 3. The molecule has 0 N–H and O–H groups in total. The lowest BCUT2D eigenvalue weighted by Crippen LogP contribution is -2.38. The minimum Gasteiger partial charge on any atom is -0.497 e. The van der Waals surface area contributed by atoms with E-state index in [1.54, 1.807) is 19.5 Å². The third kappa shape index (κ3) is 4.45. The van der Waals surface area contributed by atoms with Crippen LogP contribution in [0, 0.1) is 0 Å². The molecule has 3 heterocycles. The van der Waals surface area contributed by atoms with Crippen molar-refractivity contribution in [2.24, 2.45) is 0 Å². The second kappa shape index (κ2) is 8.86. The van der Waals surface area contributed by atoms with E-state index >= 15 is 0 Å². The van der Waals surface area contributed by atoms with Crippen LogP contribution in [0.2, 0.25) is 0 Å². The van der Waals surface area contributed by atoms with E-state index < -0.39 is 0 Å². The lowest BCUT2D eigenvalue weighted by molar-refractivity contribution is 0.0610. The summed E-state index contributed by atoms with van der Waals surface area (Å²) in [6, 6.07) is 15.9. The molecule has 5 nitrogen and oxygen atoms in total. The van der Waals surface area contributed by atoms with E-state index in [2.05, 4.69) is 34.2 Å². The lowest BCUT2D eigenvalue weighted by atomic mass is 9.95. The fourth-order valence-corrected chi connectivity index (χ4v) is 3.87. The number of carbonyl (C=O) groups is 1. The summed E-state index contributed by atoms with van der Waals surface area (Å²) < 4.78 is 5.21. The molecule has 148 valence electrons. The van der Waals surface area contributed by atoms with Crippen LogP contribution in [0.5, 0.6) is 5.75 Å². The normalized spacial score (nSPS) is 16.4. The fraction of sp³-hybridized carbons (Fsp3) is 0.292. The molecule has 0 saturated carbocycles. The number of ether oxygens (including phenoxy) is 1. The van der Waals surface area contributed by atoms with Gasteiger partial charge in [0.05, 0.1) is 18.7 Å². The monoisotopic (exact) mass is 387 g/mol. The van der Waals surface area contributed by atoms with Gasteiger partial charge in [0.1, 0.15) is 5.75 Å². The highest BCUT2D eigenvalue weighted by molar-refractivity contribution is 5.94. The molecule has 3 aromatic rings. The van der Waals surface area contributed by atoms with Crippen molar-refractivity contribution in [2.75, 3.05) is 13.7 Å². The molecule has 1 fully saturated rings. The van der Waals surface area contributed by atoms with Gasteiger partial charge in [-0.15, -0.1) is 0 Å². The number of aromatic nitrogens is 2. The van der Waals surface area contributed by atoms with E-state index in [1.165, 1.54) is 5.56 Å². The standard InChI is InChI=1S/C24H25N3O2/c1-29-22-11-7-18(8-12-22)15-21-10-9-19(17-26-21)23-6-2-3-14-27(23)24(28)20-5-4-13-25-16-20/h4-5,7-13,16-17,23H,2-3,6,14-15H2,1H3. The maximum atomic E-state index is 13.0. The van der Waals surface area contributed by atoms with Crippen LogP contribution < -0.4 is 4.74 Å². The van der Waals surface area contributed by atoms with E-state index in [0.717, 1.165) is 49.2 Å². The number of hydrogen-bond donors (Lipinski definition) is 0. The highest BCUT2D eigenvalue weighted by atomic mass is 16.5. The number of methoxy groups -OCH3 is 1. The number of carbonyl (C=O) groups excluding carboxylic acids is 1. The zero-order valence-corrected chi connectivity index (χ0v) is 16.6. The average molecular weight is 387 g/mol. The first-order chi connectivity index (χ1) is 14.2. The summed E-state index contributed by atoms with van der Waals surface area (Å²) in [7, 11) is 1.67. The van der Waals surface area contributed by atoms with Crippen molar-refractivity contribution in [1.82, 2.24) is 14.9 Å². The van der Waals surface area contributed by atoms with Gasteiger partial charge in [-0.05, 0) is 60.7 Å². The highest BCUT2D eigenvalue weighted by Gasteiger charge is 2.29. The summed E-state index contributed by atoms with van der Waals surface area (Å²) in [6.45, 7) is 0.770. The molecule has 0 bridgehead atoms. The summed E-state index contributed by atoms with van der Waals surface area (Å²) in [5, 5.41) is 0. The minimum atomic E-state index is 0.0464. The Morgan fingerprint density at radius 3 is 2.66 bits per heavy atom. The van der Waals surface area contributed by atoms with Crippen molar-refractivity contribution < 1.29 is 9.53 Å². The predicted octanol–water partition coefficient (Wildman–Crippen LogP) is 4.44. The Kier molecular flexibility index (Phi) is 5.84. The molecule has 1 atom stereocenters. The number of likely N-dealkylation sites (tertiary alicyclic amines) is 1. The molecule has 1 aliphatic heterocycles. The Hall–Kier alpha value is -3.21. The fourth-order valence-electron chi connectivity index (χ4n) is 3.87. The second-order valence-corrected chi connectivity index (χ2v) is 7.36. The second-order valence-electron chi connectivity index (χ2n) is 7.36. The first kappa shape index (κ1) is 19.1. The van der Waals surface area contributed by atoms with Gasteiger partial charge in [-0.1, -0.05) is 18.2 Å².